The molecule has 0 bridgehead atoms. The van der Waals surface area contributed by atoms with Crippen LogP contribution in [0.3, 0.4) is 0 Å². The number of benzene rings is 1. The van der Waals surface area contributed by atoms with Crippen LogP contribution in [-0.4, -0.2) is 47.7 Å². The van der Waals surface area contributed by atoms with E-state index in [4.69, 9.17) is 9.84 Å². The Hall–Kier alpha value is -2.09. The van der Waals surface area contributed by atoms with Crippen molar-refractivity contribution in [2.24, 2.45) is 5.92 Å². The molecule has 0 aromatic heterocycles. The molecule has 1 amide bonds. The van der Waals surface area contributed by atoms with Crippen LogP contribution in [0.1, 0.15) is 36.3 Å². The van der Waals surface area contributed by atoms with E-state index in [1.54, 1.807) is 0 Å². The molecule has 5 nitrogen and oxygen atoms in total. The lowest BCUT2D eigenvalue weighted by molar-refractivity contribution is -0.148. The molecule has 1 aliphatic carbocycles. The maximum Gasteiger partial charge on any atom is 0.416 e. The third-order valence-corrected chi connectivity index (χ3v) is 4.99. The topological polar surface area (TPSA) is 66.8 Å². The molecule has 3 rings (SSSR count). The molecular formula is C18H20F3NO4. The first-order valence-corrected chi connectivity index (χ1v) is 8.54. The van der Waals surface area contributed by atoms with Crippen molar-refractivity contribution in [1.29, 1.82) is 0 Å². The van der Waals surface area contributed by atoms with Gasteiger partial charge in [-0.1, -0.05) is 12.1 Å². The van der Waals surface area contributed by atoms with Crippen molar-refractivity contribution in [3.8, 4) is 0 Å². The van der Waals surface area contributed by atoms with E-state index < -0.39 is 17.7 Å². The van der Waals surface area contributed by atoms with Gasteiger partial charge in [0.1, 0.15) is 6.54 Å². The molecule has 142 valence electrons. The van der Waals surface area contributed by atoms with Gasteiger partial charge in [0.15, 0.2) is 0 Å². The Kier molecular flexibility index (Phi) is 5.22. The maximum absolute atomic E-state index is 12.8. The number of carboxylic acid groups (broad SMARTS) is 1. The minimum absolute atomic E-state index is 0.152. The lowest BCUT2D eigenvalue weighted by atomic mass is 10.0. The fraction of sp³-hybridized carbons (Fsp3) is 0.556. The lowest BCUT2D eigenvalue weighted by Crippen LogP contribution is -2.46. The van der Waals surface area contributed by atoms with Crippen LogP contribution < -0.4 is 0 Å². The largest absolute Gasteiger partial charge is 0.480 e. The van der Waals surface area contributed by atoms with Crippen molar-refractivity contribution in [3.63, 3.8) is 0 Å². The molecule has 2 atom stereocenters. The van der Waals surface area contributed by atoms with Gasteiger partial charge in [0, 0.05) is 25.2 Å². The Morgan fingerprint density at radius 1 is 1.15 bits per heavy atom. The summed E-state index contributed by atoms with van der Waals surface area (Å²) < 4.78 is 43.2. The number of halogens is 3. The molecule has 1 heterocycles. The zero-order valence-corrected chi connectivity index (χ0v) is 14.0. The zero-order chi connectivity index (χ0) is 18.9. The van der Waals surface area contributed by atoms with Crippen molar-refractivity contribution in [3.05, 3.63) is 35.4 Å². The number of nitrogens with zero attached hydrogens (tertiary/aromatic N) is 1. The fourth-order valence-corrected chi connectivity index (χ4v) is 3.50. The summed E-state index contributed by atoms with van der Waals surface area (Å²) in [6.45, 7) is 0.613. The number of alkyl halides is 3. The van der Waals surface area contributed by atoms with Crippen molar-refractivity contribution >= 4 is 11.9 Å². The van der Waals surface area contributed by atoms with Crippen molar-refractivity contribution in [1.82, 2.24) is 4.90 Å². The molecule has 2 aliphatic rings. The second-order valence-corrected chi connectivity index (χ2v) is 6.77. The maximum atomic E-state index is 12.8. The van der Waals surface area contributed by atoms with E-state index in [-0.39, 0.29) is 30.3 Å². The fourth-order valence-electron chi connectivity index (χ4n) is 3.50. The molecule has 1 saturated heterocycles. The first-order chi connectivity index (χ1) is 12.3. The van der Waals surface area contributed by atoms with Gasteiger partial charge in [0.25, 0.3) is 0 Å². The second-order valence-electron chi connectivity index (χ2n) is 6.77. The van der Waals surface area contributed by atoms with E-state index >= 15 is 0 Å². The van der Waals surface area contributed by atoms with Gasteiger partial charge in [0.2, 0.25) is 5.91 Å². The number of carboxylic acids is 1. The monoisotopic (exact) mass is 371 g/mol. The quantitative estimate of drug-likeness (QED) is 0.864. The van der Waals surface area contributed by atoms with Gasteiger partial charge in [0.05, 0.1) is 5.56 Å². The first-order valence-electron chi connectivity index (χ1n) is 8.54. The average Bonchev–Trinajstić information content (AvgIpc) is 3.40. The number of amides is 1. The van der Waals surface area contributed by atoms with E-state index in [1.165, 1.54) is 17.0 Å². The van der Waals surface area contributed by atoms with Gasteiger partial charge in [-0.05, 0) is 42.9 Å². The molecule has 1 saturated carbocycles. The summed E-state index contributed by atoms with van der Waals surface area (Å²) >= 11 is 0. The van der Waals surface area contributed by atoms with Crippen LogP contribution in [0.2, 0.25) is 0 Å². The van der Waals surface area contributed by atoms with Crippen LogP contribution >= 0.6 is 0 Å². The number of aliphatic carboxylic acids is 1. The number of carbonyl (C=O) groups is 2. The van der Waals surface area contributed by atoms with E-state index in [9.17, 15) is 22.8 Å². The van der Waals surface area contributed by atoms with Gasteiger partial charge in [-0.2, -0.15) is 13.2 Å². The Balaban J connectivity index is 1.68. The van der Waals surface area contributed by atoms with Gasteiger partial charge in [-0.3, -0.25) is 9.59 Å². The molecular weight excluding hydrogens is 351 g/mol. The van der Waals surface area contributed by atoms with Gasteiger partial charge in [-0.25, -0.2) is 0 Å². The highest BCUT2D eigenvalue weighted by Crippen LogP contribution is 2.49. The van der Waals surface area contributed by atoms with Crippen molar-refractivity contribution < 1.29 is 32.6 Å². The summed E-state index contributed by atoms with van der Waals surface area (Å²) in [6.07, 6.45) is -2.67. The molecule has 1 aromatic rings. The third-order valence-electron chi connectivity index (χ3n) is 4.99. The Labute approximate surface area is 148 Å². The molecule has 0 spiro atoms. The number of hydrogen-bond donors (Lipinski definition) is 1. The molecule has 1 aromatic carbocycles. The summed E-state index contributed by atoms with van der Waals surface area (Å²) in [6, 6.07) is 4.67. The number of hydrogen-bond acceptors (Lipinski definition) is 3. The van der Waals surface area contributed by atoms with Crippen LogP contribution in [0.5, 0.6) is 0 Å². The molecule has 1 N–H and O–H groups in total. The Bertz CT molecular complexity index is 668. The predicted octanol–water partition coefficient (Wildman–Crippen LogP) is 2.90. The summed E-state index contributed by atoms with van der Waals surface area (Å²) in [4.78, 5) is 25.3. The van der Waals surface area contributed by atoms with Gasteiger partial charge in [-0.15, -0.1) is 0 Å². The third kappa shape index (κ3) is 4.17. The number of carbonyl (C=O) groups excluding carboxylic acids is 1. The molecule has 8 heteroatoms. The van der Waals surface area contributed by atoms with Crippen LogP contribution in [0.4, 0.5) is 13.2 Å². The minimum Gasteiger partial charge on any atom is -0.480 e. The minimum atomic E-state index is -4.39. The van der Waals surface area contributed by atoms with Crippen LogP contribution in [-0.2, 0) is 20.5 Å². The number of ether oxygens (including phenoxy) is 1. The molecule has 26 heavy (non-hydrogen) atoms. The van der Waals surface area contributed by atoms with E-state index in [2.05, 4.69) is 0 Å². The summed E-state index contributed by atoms with van der Waals surface area (Å²) in [5.41, 5.74) is -0.0434. The van der Waals surface area contributed by atoms with Crippen molar-refractivity contribution in [2.45, 2.75) is 37.4 Å². The highest BCUT2D eigenvalue weighted by molar-refractivity contribution is 5.86. The van der Waals surface area contributed by atoms with Gasteiger partial charge >= 0.3 is 12.1 Å². The SMILES string of the molecule is O=C(O)CN(C(=O)C1CC1c1ccc(C(F)(F)F)cc1)C1CCOCC1. The molecule has 1 aliphatic heterocycles. The average molecular weight is 371 g/mol. The zero-order valence-electron chi connectivity index (χ0n) is 14.0. The lowest BCUT2D eigenvalue weighted by Gasteiger charge is -2.33. The van der Waals surface area contributed by atoms with Crippen LogP contribution in [0.15, 0.2) is 24.3 Å². The first kappa shape index (κ1) is 18.7. The van der Waals surface area contributed by atoms with E-state index in [0.29, 0.717) is 38.0 Å². The van der Waals surface area contributed by atoms with Crippen LogP contribution in [0.25, 0.3) is 0 Å². The Morgan fingerprint density at radius 3 is 2.31 bits per heavy atom. The Morgan fingerprint density at radius 2 is 1.77 bits per heavy atom. The molecule has 2 fully saturated rings. The van der Waals surface area contributed by atoms with E-state index in [0.717, 1.165) is 12.1 Å². The second kappa shape index (κ2) is 7.26. The van der Waals surface area contributed by atoms with Gasteiger partial charge < -0.3 is 14.7 Å². The summed E-state index contributed by atoms with van der Waals surface area (Å²) in [7, 11) is 0. The highest BCUT2D eigenvalue weighted by Gasteiger charge is 2.47. The highest BCUT2D eigenvalue weighted by atomic mass is 19.4. The molecule has 0 radical (unpaired) electrons. The summed E-state index contributed by atoms with van der Waals surface area (Å²) in [5, 5.41) is 9.12. The van der Waals surface area contributed by atoms with Crippen molar-refractivity contribution in [2.75, 3.05) is 19.8 Å². The summed E-state index contributed by atoms with van der Waals surface area (Å²) in [5.74, 6) is -1.82. The van der Waals surface area contributed by atoms with Crippen LogP contribution in [0, 0.1) is 5.92 Å². The predicted molar refractivity (Wildman–Crippen MR) is 85.5 cm³/mol. The normalized spacial score (nSPS) is 23.5. The standard InChI is InChI=1S/C18H20F3NO4/c19-18(20,21)12-3-1-11(2-4-12)14-9-15(14)17(25)22(10-16(23)24)13-5-7-26-8-6-13/h1-4,13-15H,5-10H2,(H,23,24). The van der Waals surface area contributed by atoms with E-state index in [1.807, 2.05) is 0 Å². The smallest absolute Gasteiger partial charge is 0.416 e. The molecule has 2 unspecified atom stereocenters. The number of rotatable bonds is 5.